The fourth-order valence-corrected chi connectivity index (χ4v) is 2.87. The summed E-state index contributed by atoms with van der Waals surface area (Å²) < 4.78 is 28.0. The molecule has 128 valence electrons. The van der Waals surface area contributed by atoms with Crippen molar-refractivity contribution in [3.05, 3.63) is 29.3 Å². The minimum Gasteiger partial charge on any atom is -0.476 e. The Hall–Kier alpha value is -2.58. The van der Waals surface area contributed by atoms with E-state index in [2.05, 4.69) is 20.4 Å². The van der Waals surface area contributed by atoms with Gasteiger partial charge in [-0.25, -0.2) is 28.2 Å². The van der Waals surface area contributed by atoms with Crippen LogP contribution in [0.2, 0.25) is 0 Å². The van der Waals surface area contributed by atoms with Crippen molar-refractivity contribution < 1.29 is 18.7 Å². The average Bonchev–Trinajstić information content (AvgIpc) is 3.00. The number of nitrogens with zero attached hydrogens (tertiary/aromatic N) is 4. The first-order chi connectivity index (χ1) is 11.2. The number of aromatic carboxylic acids is 1. The summed E-state index contributed by atoms with van der Waals surface area (Å²) in [4.78, 5) is 19.6. The zero-order valence-electron chi connectivity index (χ0n) is 13.3. The van der Waals surface area contributed by atoms with Crippen LogP contribution in [0.25, 0.3) is 5.95 Å². The van der Waals surface area contributed by atoms with E-state index in [1.54, 1.807) is 13.8 Å². The fourth-order valence-electron chi connectivity index (χ4n) is 2.87. The van der Waals surface area contributed by atoms with Gasteiger partial charge in [-0.15, -0.1) is 0 Å². The third-order valence-corrected chi connectivity index (χ3v) is 3.94. The summed E-state index contributed by atoms with van der Waals surface area (Å²) in [6, 6.07) is 1.32. The number of hydrogen-bond acceptors (Lipinski definition) is 5. The summed E-state index contributed by atoms with van der Waals surface area (Å²) >= 11 is 0. The van der Waals surface area contributed by atoms with Gasteiger partial charge < -0.3 is 10.4 Å². The number of aromatic nitrogens is 4. The Kier molecular flexibility index (Phi) is 3.94. The number of aryl methyl sites for hydroxylation is 2. The van der Waals surface area contributed by atoms with E-state index >= 15 is 0 Å². The van der Waals surface area contributed by atoms with Crippen molar-refractivity contribution in [3.63, 3.8) is 0 Å². The average molecular weight is 337 g/mol. The van der Waals surface area contributed by atoms with Gasteiger partial charge in [-0.3, -0.25) is 0 Å². The molecule has 0 bridgehead atoms. The molecule has 2 aromatic rings. The normalized spacial score (nSPS) is 19.4. The SMILES string of the molecule is Cc1cc(C)n(-c2ncc(NC3CCC(F)(F)C3)c(C(=O)O)n2)n1. The molecule has 0 aliphatic heterocycles. The molecule has 1 fully saturated rings. The van der Waals surface area contributed by atoms with Gasteiger partial charge in [-0.05, 0) is 26.3 Å². The molecule has 24 heavy (non-hydrogen) atoms. The lowest BCUT2D eigenvalue weighted by Crippen LogP contribution is -2.22. The molecule has 2 heterocycles. The van der Waals surface area contributed by atoms with E-state index in [0.29, 0.717) is 0 Å². The van der Waals surface area contributed by atoms with Crippen molar-refractivity contribution in [1.82, 2.24) is 19.7 Å². The topological polar surface area (TPSA) is 92.9 Å². The van der Waals surface area contributed by atoms with Crippen LogP contribution < -0.4 is 5.32 Å². The Morgan fingerprint density at radius 2 is 2.21 bits per heavy atom. The van der Waals surface area contributed by atoms with Crippen LogP contribution in [-0.4, -0.2) is 42.8 Å². The molecule has 1 atom stereocenters. The van der Waals surface area contributed by atoms with E-state index in [0.717, 1.165) is 11.4 Å². The van der Waals surface area contributed by atoms with Crippen molar-refractivity contribution in [1.29, 1.82) is 0 Å². The van der Waals surface area contributed by atoms with Gasteiger partial charge in [0.2, 0.25) is 5.92 Å². The van der Waals surface area contributed by atoms with Crippen molar-refractivity contribution >= 4 is 11.7 Å². The number of alkyl halides is 2. The molecule has 2 aromatic heterocycles. The van der Waals surface area contributed by atoms with E-state index in [1.807, 2.05) is 6.07 Å². The van der Waals surface area contributed by atoms with Crippen LogP contribution in [0, 0.1) is 13.8 Å². The predicted octanol–water partition coefficient (Wildman–Crippen LogP) is 2.58. The number of carboxylic acid groups (broad SMARTS) is 1. The maximum atomic E-state index is 13.3. The number of carbonyl (C=O) groups is 1. The summed E-state index contributed by atoms with van der Waals surface area (Å²) in [7, 11) is 0. The van der Waals surface area contributed by atoms with Crippen molar-refractivity contribution in [2.75, 3.05) is 5.32 Å². The van der Waals surface area contributed by atoms with E-state index in [9.17, 15) is 18.7 Å². The quantitative estimate of drug-likeness (QED) is 0.891. The van der Waals surface area contributed by atoms with Gasteiger partial charge in [0.1, 0.15) is 0 Å². The van der Waals surface area contributed by atoms with Crippen molar-refractivity contribution in [2.24, 2.45) is 0 Å². The molecule has 0 radical (unpaired) electrons. The molecule has 3 rings (SSSR count). The second-order valence-corrected chi connectivity index (χ2v) is 6.02. The fraction of sp³-hybridized carbons (Fsp3) is 0.467. The highest BCUT2D eigenvalue weighted by atomic mass is 19.3. The molecule has 7 nitrogen and oxygen atoms in total. The van der Waals surface area contributed by atoms with E-state index < -0.39 is 17.9 Å². The lowest BCUT2D eigenvalue weighted by atomic mass is 10.2. The summed E-state index contributed by atoms with van der Waals surface area (Å²) in [6.07, 6.45) is 1.03. The van der Waals surface area contributed by atoms with Crippen LogP contribution >= 0.6 is 0 Å². The van der Waals surface area contributed by atoms with Gasteiger partial charge in [0.05, 0.1) is 17.6 Å². The van der Waals surface area contributed by atoms with Crippen LogP contribution in [0.15, 0.2) is 12.3 Å². The molecule has 0 spiro atoms. The minimum atomic E-state index is -2.72. The number of carboxylic acids is 1. The van der Waals surface area contributed by atoms with Crippen LogP contribution in [0.5, 0.6) is 0 Å². The Morgan fingerprint density at radius 1 is 1.46 bits per heavy atom. The standard InChI is InChI=1S/C15H17F2N5O2/c1-8-5-9(2)22(21-8)14-18-7-11(12(20-14)13(23)24)19-10-3-4-15(16,17)6-10/h5,7,10,19H,3-4,6H2,1-2H3,(H,23,24). The number of anilines is 1. The summed E-state index contributed by atoms with van der Waals surface area (Å²) in [6.45, 7) is 3.61. The zero-order chi connectivity index (χ0) is 17.5. The Bertz CT molecular complexity index is 790. The highest BCUT2D eigenvalue weighted by molar-refractivity contribution is 5.91. The zero-order valence-corrected chi connectivity index (χ0v) is 13.3. The smallest absolute Gasteiger partial charge is 0.356 e. The van der Waals surface area contributed by atoms with E-state index in [4.69, 9.17) is 0 Å². The third-order valence-electron chi connectivity index (χ3n) is 3.94. The Balaban J connectivity index is 1.91. The van der Waals surface area contributed by atoms with Crippen LogP contribution in [0.3, 0.4) is 0 Å². The summed E-state index contributed by atoms with van der Waals surface area (Å²) in [5.74, 6) is -3.85. The van der Waals surface area contributed by atoms with Crippen LogP contribution in [0.1, 0.15) is 41.1 Å². The third kappa shape index (κ3) is 3.19. The van der Waals surface area contributed by atoms with E-state index in [1.165, 1.54) is 10.9 Å². The first kappa shape index (κ1) is 16.3. The molecule has 1 aliphatic carbocycles. The molecule has 1 saturated carbocycles. The Labute approximate surface area is 136 Å². The highest BCUT2D eigenvalue weighted by Gasteiger charge is 2.39. The van der Waals surface area contributed by atoms with Crippen molar-refractivity contribution in [3.8, 4) is 5.95 Å². The van der Waals surface area contributed by atoms with Gasteiger partial charge in [-0.1, -0.05) is 0 Å². The molecule has 1 unspecified atom stereocenters. The van der Waals surface area contributed by atoms with Crippen molar-refractivity contribution in [2.45, 2.75) is 45.1 Å². The molecule has 2 N–H and O–H groups in total. The molecule has 0 saturated heterocycles. The first-order valence-corrected chi connectivity index (χ1v) is 7.53. The highest BCUT2D eigenvalue weighted by Crippen LogP contribution is 2.36. The Morgan fingerprint density at radius 3 is 2.75 bits per heavy atom. The number of nitrogens with one attached hydrogen (secondary N) is 1. The maximum Gasteiger partial charge on any atom is 0.356 e. The molecule has 1 aliphatic rings. The first-order valence-electron chi connectivity index (χ1n) is 7.53. The van der Waals surface area contributed by atoms with Gasteiger partial charge in [0, 0.05) is 24.6 Å². The molecule has 9 heteroatoms. The van der Waals surface area contributed by atoms with Crippen LogP contribution in [0.4, 0.5) is 14.5 Å². The van der Waals surface area contributed by atoms with Gasteiger partial charge in [0.15, 0.2) is 5.69 Å². The molecular formula is C15H17F2N5O2. The minimum absolute atomic E-state index is 0.125. The van der Waals surface area contributed by atoms with Gasteiger partial charge >= 0.3 is 5.97 Å². The largest absolute Gasteiger partial charge is 0.476 e. The number of hydrogen-bond donors (Lipinski definition) is 2. The predicted molar refractivity (Wildman–Crippen MR) is 81.8 cm³/mol. The lowest BCUT2D eigenvalue weighted by molar-refractivity contribution is 0.00852. The summed E-state index contributed by atoms with van der Waals surface area (Å²) in [5, 5.41) is 16.4. The summed E-state index contributed by atoms with van der Waals surface area (Å²) in [5.41, 5.74) is 1.39. The lowest BCUT2D eigenvalue weighted by Gasteiger charge is -2.16. The second-order valence-electron chi connectivity index (χ2n) is 6.02. The van der Waals surface area contributed by atoms with Gasteiger partial charge in [0.25, 0.3) is 5.95 Å². The maximum absolute atomic E-state index is 13.3. The number of halogens is 2. The monoisotopic (exact) mass is 337 g/mol. The molecule has 0 amide bonds. The van der Waals surface area contributed by atoms with Gasteiger partial charge in [-0.2, -0.15) is 5.10 Å². The second kappa shape index (κ2) is 5.81. The molecule has 0 aromatic carbocycles. The van der Waals surface area contributed by atoms with E-state index in [-0.39, 0.29) is 36.6 Å². The van der Waals surface area contributed by atoms with Crippen LogP contribution in [-0.2, 0) is 0 Å². The number of rotatable bonds is 4. The molecular weight excluding hydrogens is 320 g/mol.